The predicted molar refractivity (Wildman–Crippen MR) is 107 cm³/mol. The second-order valence-corrected chi connectivity index (χ2v) is 7.96. The lowest BCUT2D eigenvalue weighted by Gasteiger charge is -2.41. The average molecular weight is 383 g/mol. The van der Waals surface area contributed by atoms with Gasteiger partial charge in [0.1, 0.15) is 5.76 Å². The number of rotatable bonds is 6. The first-order chi connectivity index (χ1) is 13.8. The highest BCUT2D eigenvalue weighted by atomic mass is 16.3. The van der Waals surface area contributed by atoms with Crippen molar-refractivity contribution in [2.24, 2.45) is 5.92 Å². The molecule has 2 aromatic rings. The van der Waals surface area contributed by atoms with Gasteiger partial charge in [0.15, 0.2) is 0 Å². The molecule has 0 bridgehead atoms. The fourth-order valence-electron chi connectivity index (χ4n) is 4.44. The Labute approximate surface area is 166 Å². The maximum Gasteiger partial charge on any atom is 0.224 e. The van der Waals surface area contributed by atoms with E-state index < -0.39 is 0 Å². The first-order valence-electron chi connectivity index (χ1n) is 10.4. The highest BCUT2D eigenvalue weighted by molar-refractivity contribution is 5.78. The third-order valence-electron chi connectivity index (χ3n) is 6.03. The molecule has 0 aromatic carbocycles. The molecule has 2 saturated heterocycles. The number of nitrogens with one attached hydrogen (secondary N) is 1. The third-order valence-corrected chi connectivity index (χ3v) is 6.03. The molecule has 4 rings (SSSR count). The molecule has 2 aliphatic rings. The molecule has 2 aromatic heterocycles. The second kappa shape index (κ2) is 9.34. The number of aromatic nitrogens is 1. The summed E-state index contributed by atoms with van der Waals surface area (Å²) >= 11 is 0. The van der Waals surface area contributed by atoms with E-state index in [0.717, 1.165) is 57.0 Å². The van der Waals surface area contributed by atoms with E-state index in [4.69, 9.17) is 4.42 Å². The molecular weight excluding hydrogens is 352 g/mol. The largest absolute Gasteiger partial charge is 0.468 e. The van der Waals surface area contributed by atoms with Crippen LogP contribution in [0, 0.1) is 5.92 Å². The monoisotopic (exact) mass is 382 g/mol. The fraction of sp³-hybridized carbons (Fsp3) is 0.545. The van der Waals surface area contributed by atoms with Gasteiger partial charge in [0, 0.05) is 31.9 Å². The molecular formula is C22H30N4O2. The molecule has 6 nitrogen and oxygen atoms in total. The second-order valence-electron chi connectivity index (χ2n) is 7.96. The Balaban J connectivity index is 1.23. The number of piperidine rings is 2. The Morgan fingerprint density at radius 1 is 1.14 bits per heavy atom. The van der Waals surface area contributed by atoms with Crippen LogP contribution in [0.25, 0.3) is 0 Å². The lowest BCUT2D eigenvalue weighted by atomic mass is 9.93. The van der Waals surface area contributed by atoms with Gasteiger partial charge in [0.2, 0.25) is 5.91 Å². The molecule has 2 fully saturated rings. The number of amides is 1. The highest BCUT2D eigenvalue weighted by Crippen LogP contribution is 2.24. The van der Waals surface area contributed by atoms with E-state index >= 15 is 0 Å². The molecule has 0 aliphatic carbocycles. The van der Waals surface area contributed by atoms with Crippen LogP contribution in [-0.2, 0) is 17.9 Å². The summed E-state index contributed by atoms with van der Waals surface area (Å²) < 4.78 is 5.47. The van der Waals surface area contributed by atoms with Crippen molar-refractivity contribution < 1.29 is 9.21 Å². The van der Waals surface area contributed by atoms with Crippen molar-refractivity contribution in [1.29, 1.82) is 0 Å². The van der Waals surface area contributed by atoms with Crippen molar-refractivity contribution in [1.82, 2.24) is 20.1 Å². The van der Waals surface area contributed by atoms with Crippen LogP contribution < -0.4 is 5.32 Å². The lowest BCUT2D eigenvalue weighted by molar-refractivity contribution is -0.127. The van der Waals surface area contributed by atoms with Crippen LogP contribution in [0.3, 0.4) is 0 Å². The van der Waals surface area contributed by atoms with Crippen LogP contribution >= 0.6 is 0 Å². The van der Waals surface area contributed by atoms with Gasteiger partial charge in [-0.1, -0.05) is 6.07 Å². The van der Waals surface area contributed by atoms with Gasteiger partial charge in [0.25, 0.3) is 0 Å². The minimum Gasteiger partial charge on any atom is -0.468 e. The summed E-state index contributed by atoms with van der Waals surface area (Å²) in [6.45, 7) is 5.61. The maximum absolute atomic E-state index is 12.6. The topological polar surface area (TPSA) is 61.6 Å². The summed E-state index contributed by atoms with van der Waals surface area (Å²) in [7, 11) is 0. The molecule has 1 amide bonds. The van der Waals surface area contributed by atoms with E-state index in [9.17, 15) is 4.79 Å². The van der Waals surface area contributed by atoms with Crippen LogP contribution in [0.15, 0.2) is 47.2 Å². The van der Waals surface area contributed by atoms with Gasteiger partial charge in [-0.25, -0.2) is 0 Å². The Kier molecular flexibility index (Phi) is 6.39. The van der Waals surface area contributed by atoms with Gasteiger partial charge in [-0.3, -0.25) is 19.6 Å². The normalized spacial score (nSPS) is 22.2. The van der Waals surface area contributed by atoms with Crippen LogP contribution in [0.1, 0.15) is 37.1 Å². The summed E-state index contributed by atoms with van der Waals surface area (Å²) in [5, 5.41) is 3.08. The fourth-order valence-corrected chi connectivity index (χ4v) is 4.44. The first-order valence-corrected chi connectivity index (χ1v) is 10.4. The zero-order valence-corrected chi connectivity index (χ0v) is 16.4. The SMILES string of the molecule is O=C(NCc1ccccn1)C1CCCN(C2CCN(Cc3ccco3)CC2)C1. The standard InChI is InChI=1S/C22H30N4O2/c27-22(24-15-19-6-1-2-10-23-19)18-5-3-11-26(16-18)20-8-12-25(13-9-20)17-21-7-4-14-28-21/h1-2,4,6-7,10,14,18,20H,3,5,8-9,11-13,15-17H2,(H,24,27). The van der Waals surface area contributed by atoms with E-state index in [-0.39, 0.29) is 11.8 Å². The van der Waals surface area contributed by atoms with Crippen molar-refractivity contribution in [3.05, 3.63) is 54.2 Å². The average Bonchev–Trinajstić information content (AvgIpc) is 3.26. The number of likely N-dealkylation sites (tertiary alicyclic amines) is 2. The van der Waals surface area contributed by atoms with Crippen LogP contribution in [0.5, 0.6) is 0 Å². The van der Waals surface area contributed by atoms with Crippen LogP contribution in [0.4, 0.5) is 0 Å². The highest BCUT2D eigenvalue weighted by Gasteiger charge is 2.31. The van der Waals surface area contributed by atoms with E-state index in [1.165, 1.54) is 12.8 Å². The number of pyridine rings is 1. The summed E-state index contributed by atoms with van der Waals surface area (Å²) in [6.07, 6.45) is 7.94. The zero-order chi connectivity index (χ0) is 19.2. The molecule has 2 aliphatic heterocycles. The Hall–Kier alpha value is -2.18. The minimum atomic E-state index is 0.0959. The molecule has 1 unspecified atom stereocenters. The van der Waals surface area contributed by atoms with Crippen molar-refractivity contribution >= 4 is 5.91 Å². The van der Waals surface area contributed by atoms with Gasteiger partial charge < -0.3 is 9.73 Å². The Morgan fingerprint density at radius 3 is 2.79 bits per heavy atom. The quantitative estimate of drug-likeness (QED) is 0.832. The molecule has 0 radical (unpaired) electrons. The maximum atomic E-state index is 12.6. The van der Waals surface area contributed by atoms with E-state index in [2.05, 4.69) is 20.1 Å². The van der Waals surface area contributed by atoms with Crippen LogP contribution in [0.2, 0.25) is 0 Å². The molecule has 28 heavy (non-hydrogen) atoms. The van der Waals surface area contributed by atoms with Crippen LogP contribution in [-0.4, -0.2) is 52.9 Å². The number of furan rings is 1. The Bertz CT molecular complexity index is 726. The molecule has 150 valence electrons. The van der Waals surface area contributed by atoms with E-state index in [1.54, 1.807) is 12.5 Å². The minimum absolute atomic E-state index is 0.0959. The molecule has 0 spiro atoms. The number of carbonyl (C=O) groups is 1. The van der Waals surface area contributed by atoms with Crippen molar-refractivity contribution in [2.75, 3.05) is 26.2 Å². The summed E-state index contributed by atoms with van der Waals surface area (Å²) in [6, 6.07) is 10.4. The zero-order valence-electron chi connectivity index (χ0n) is 16.4. The molecule has 6 heteroatoms. The number of nitrogens with zero attached hydrogens (tertiary/aromatic N) is 3. The summed E-state index contributed by atoms with van der Waals surface area (Å²) in [5.41, 5.74) is 0.910. The molecule has 0 saturated carbocycles. The summed E-state index contributed by atoms with van der Waals surface area (Å²) in [5.74, 6) is 1.31. The Morgan fingerprint density at radius 2 is 2.04 bits per heavy atom. The van der Waals surface area contributed by atoms with Crippen molar-refractivity contribution in [3.8, 4) is 0 Å². The number of hydrogen-bond acceptors (Lipinski definition) is 5. The van der Waals surface area contributed by atoms with Gasteiger partial charge in [-0.2, -0.15) is 0 Å². The predicted octanol–water partition coefficient (Wildman–Crippen LogP) is 2.67. The molecule has 1 atom stereocenters. The number of hydrogen-bond donors (Lipinski definition) is 1. The van der Waals surface area contributed by atoms with E-state index in [1.807, 2.05) is 30.3 Å². The smallest absolute Gasteiger partial charge is 0.224 e. The van der Waals surface area contributed by atoms with Crippen molar-refractivity contribution in [2.45, 2.75) is 44.8 Å². The van der Waals surface area contributed by atoms with Gasteiger partial charge in [-0.15, -0.1) is 0 Å². The lowest BCUT2D eigenvalue weighted by Crippen LogP contribution is -2.50. The van der Waals surface area contributed by atoms with Crippen molar-refractivity contribution in [3.63, 3.8) is 0 Å². The first kappa shape index (κ1) is 19.2. The molecule has 1 N–H and O–H groups in total. The van der Waals surface area contributed by atoms with E-state index in [0.29, 0.717) is 12.6 Å². The summed E-state index contributed by atoms with van der Waals surface area (Å²) in [4.78, 5) is 21.9. The van der Waals surface area contributed by atoms with Gasteiger partial charge in [0.05, 0.1) is 31.0 Å². The number of carbonyl (C=O) groups excluding carboxylic acids is 1. The third kappa shape index (κ3) is 5.00. The van der Waals surface area contributed by atoms with Gasteiger partial charge in [-0.05, 0) is 56.5 Å². The van der Waals surface area contributed by atoms with Gasteiger partial charge >= 0.3 is 0 Å². The molecule has 4 heterocycles.